The molecular formula is C22H22FN3O. The SMILES string of the molecule is CCc1ccccc1NC(=O)c1ccc(NCCc2ccccc2F)cn1. The molecule has 0 saturated heterocycles. The van der Waals surface area contributed by atoms with E-state index >= 15 is 0 Å². The minimum atomic E-state index is -0.242. The molecule has 0 aliphatic rings. The van der Waals surface area contributed by atoms with Crippen molar-refractivity contribution in [2.24, 2.45) is 0 Å². The van der Waals surface area contributed by atoms with Crippen molar-refractivity contribution in [2.45, 2.75) is 19.8 Å². The number of aryl methyl sites for hydroxylation is 1. The van der Waals surface area contributed by atoms with E-state index in [1.165, 1.54) is 6.07 Å². The molecule has 3 rings (SSSR count). The van der Waals surface area contributed by atoms with Crippen molar-refractivity contribution in [2.75, 3.05) is 17.2 Å². The molecule has 2 N–H and O–H groups in total. The lowest BCUT2D eigenvalue weighted by atomic mass is 10.1. The van der Waals surface area contributed by atoms with Crippen LogP contribution in [0.4, 0.5) is 15.8 Å². The van der Waals surface area contributed by atoms with Crippen molar-refractivity contribution in [1.29, 1.82) is 0 Å². The van der Waals surface area contributed by atoms with Gasteiger partial charge in [0, 0.05) is 12.2 Å². The zero-order valence-electron chi connectivity index (χ0n) is 15.2. The van der Waals surface area contributed by atoms with Crippen LogP contribution in [0.1, 0.15) is 28.5 Å². The maximum atomic E-state index is 13.6. The minimum absolute atomic E-state index is 0.197. The standard InChI is InChI=1S/C22H22FN3O/c1-2-16-7-4-6-10-20(16)26-22(27)21-12-11-18(15-25-21)24-14-13-17-8-3-5-9-19(17)23/h3-12,15,24H,2,13-14H2,1H3,(H,26,27). The van der Waals surface area contributed by atoms with E-state index in [0.29, 0.717) is 24.2 Å². The number of nitrogens with one attached hydrogen (secondary N) is 2. The van der Waals surface area contributed by atoms with Crippen LogP contribution < -0.4 is 10.6 Å². The molecule has 27 heavy (non-hydrogen) atoms. The third kappa shape index (κ3) is 4.91. The van der Waals surface area contributed by atoms with Crippen LogP contribution in [-0.4, -0.2) is 17.4 Å². The second-order valence-corrected chi connectivity index (χ2v) is 6.17. The molecule has 0 fully saturated rings. The molecule has 0 aliphatic carbocycles. The van der Waals surface area contributed by atoms with Gasteiger partial charge in [-0.05, 0) is 48.2 Å². The predicted molar refractivity (Wildman–Crippen MR) is 107 cm³/mol. The number of rotatable bonds is 7. The van der Waals surface area contributed by atoms with Gasteiger partial charge in [-0.1, -0.05) is 43.3 Å². The van der Waals surface area contributed by atoms with Gasteiger partial charge in [0.15, 0.2) is 0 Å². The van der Waals surface area contributed by atoms with Crippen LogP contribution >= 0.6 is 0 Å². The molecule has 0 radical (unpaired) electrons. The molecule has 1 heterocycles. The number of carbonyl (C=O) groups excluding carboxylic acids is 1. The van der Waals surface area contributed by atoms with Crippen molar-refractivity contribution < 1.29 is 9.18 Å². The summed E-state index contributed by atoms with van der Waals surface area (Å²) in [4.78, 5) is 16.6. The molecule has 1 amide bonds. The first-order chi connectivity index (χ1) is 13.2. The number of pyridine rings is 1. The zero-order valence-corrected chi connectivity index (χ0v) is 15.2. The Labute approximate surface area is 158 Å². The smallest absolute Gasteiger partial charge is 0.274 e. The van der Waals surface area contributed by atoms with Gasteiger partial charge in [-0.2, -0.15) is 0 Å². The normalized spacial score (nSPS) is 10.4. The molecule has 5 heteroatoms. The first-order valence-electron chi connectivity index (χ1n) is 9.00. The Balaban J connectivity index is 1.56. The van der Waals surface area contributed by atoms with Crippen molar-refractivity contribution in [3.05, 3.63) is 89.5 Å². The highest BCUT2D eigenvalue weighted by molar-refractivity contribution is 6.03. The molecule has 0 bridgehead atoms. The lowest BCUT2D eigenvalue weighted by Crippen LogP contribution is -2.15. The van der Waals surface area contributed by atoms with Crippen molar-refractivity contribution >= 4 is 17.3 Å². The zero-order chi connectivity index (χ0) is 19.1. The second-order valence-electron chi connectivity index (χ2n) is 6.17. The first kappa shape index (κ1) is 18.6. The highest BCUT2D eigenvalue weighted by Gasteiger charge is 2.09. The fraction of sp³-hybridized carbons (Fsp3) is 0.182. The van der Waals surface area contributed by atoms with Gasteiger partial charge in [-0.3, -0.25) is 4.79 Å². The van der Waals surface area contributed by atoms with Crippen LogP contribution in [0.5, 0.6) is 0 Å². The molecule has 0 saturated carbocycles. The lowest BCUT2D eigenvalue weighted by molar-refractivity contribution is 0.102. The lowest BCUT2D eigenvalue weighted by Gasteiger charge is -2.10. The monoisotopic (exact) mass is 363 g/mol. The van der Waals surface area contributed by atoms with E-state index in [2.05, 4.69) is 15.6 Å². The number of nitrogens with zero attached hydrogens (tertiary/aromatic N) is 1. The molecule has 138 valence electrons. The van der Waals surface area contributed by atoms with Gasteiger partial charge in [-0.15, -0.1) is 0 Å². The molecule has 0 aliphatic heterocycles. The Morgan fingerprint density at radius 1 is 1.00 bits per heavy atom. The van der Waals surface area contributed by atoms with Gasteiger partial charge < -0.3 is 10.6 Å². The highest BCUT2D eigenvalue weighted by atomic mass is 19.1. The number of hydrogen-bond donors (Lipinski definition) is 2. The molecule has 0 spiro atoms. The number of para-hydroxylation sites is 1. The van der Waals surface area contributed by atoms with Gasteiger partial charge in [0.25, 0.3) is 5.91 Å². The average Bonchev–Trinajstić information content (AvgIpc) is 2.70. The molecule has 1 aromatic heterocycles. The summed E-state index contributed by atoms with van der Waals surface area (Å²) < 4.78 is 13.6. The molecule has 0 atom stereocenters. The Bertz CT molecular complexity index is 909. The third-order valence-electron chi connectivity index (χ3n) is 4.32. The summed E-state index contributed by atoms with van der Waals surface area (Å²) in [6.45, 7) is 2.63. The van der Waals surface area contributed by atoms with E-state index in [1.807, 2.05) is 37.3 Å². The third-order valence-corrected chi connectivity index (χ3v) is 4.32. The molecule has 0 unspecified atom stereocenters. The largest absolute Gasteiger partial charge is 0.383 e. The number of carbonyl (C=O) groups is 1. The second kappa shape index (κ2) is 8.94. The van der Waals surface area contributed by atoms with Gasteiger partial charge in [0.1, 0.15) is 11.5 Å². The summed E-state index contributed by atoms with van der Waals surface area (Å²) in [6.07, 6.45) is 3.03. The molecule has 2 aromatic carbocycles. The Hall–Kier alpha value is -3.21. The fourth-order valence-corrected chi connectivity index (χ4v) is 2.81. The van der Waals surface area contributed by atoms with Crippen LogP contribution in [0.25, 0.3) is 0 Å². The Morgan fingerprint density at radius 2 is 1.74 bits per heavy atom. The number of hydrogen-bond acceptors (Lipinski definition) is 3. The summed E-state index contributed by atoms with van der Waals surface area (Å²) >= 11 is 0. The van der Waals surface area contributed by atoms with Crippen LogP contribution in [0, 0.1) is 5.82 Å². The quantitative estimate of drug-likeness (QED) is 0.640. The molecular weight excluding hydrogens is 341 g/mol. The first-order valence-corrected chi connectivity index (χ1v) is 9.00. The van der Waals surface area contributed by atoms with Gasteiger partial charge in [0.2, 0.25) is 0 Å². The van der Waals surface area contributed by atoms with Crippen LogP contribution in [-0.2, 0) is 12.8 Å². The van der Waals surface area contributed by atoms with Crippen molar-refractivity contribution in [3.8, 4) is 0 Å². The topological polar surface area (TPSA) is 54.0 Å². The van der Waals surface area contributed by atoms with Gasteiger partial charge in [-0.25, -0.2) is 9.37 Å². The van der Waals surface area contributed by atoms with Crippen LogP contribution in [0.15, 0.2) is 66.9 Å². The average molecular weight is 363 g/mol. The van der Waals surface area contributed by atoms with E-state index < -0.39 is 0 Å². The summed E-state index contributed by atoms with van der Waals surface area (Å²) in [5.41, 5.74) is 3.69. The summed E-state index contributed by atoms with van der Waals surface area (Å²) in [7, 11) is 0. The summed E-state index contributed by atoms with van der Waals surface area (Å²) in [5.74, 6) is -0.439. The van der Waals surface area contributed by atoms with Crippen molar-refractivity contribution in [3.63, 3.8) is 0 Å². The van der Waals surface area contributed by atoms with Crippen LogP contribution in [0.2, 0.25) is 0 Å². The summed E-state index contributed by atoms with van der Waals surface area (Å²) in [6, 6.07) is 17.9. The van der Waals surface area contributed by atoms with Crippen LogP contribution in [0.3, 0.4) is 0 Å². The van der Waals surface area contributed by atoms with E-state index in [1.54, 1.807) is 30.5 Å². The maximum Gasteiger partial charge on any atom is 0.274 e. The maximum absolute atomic E-state index is 13.6. The molecule has 3 aromatic rings. The van der Waals surface area contributed by atoms with E-state index in [0.717, 1.165) is 23.4 Å². The Kier molecular flexibility index (Phi) is 6.15. The van der Waals surface area contributed by atoms with E-state index in [4.69, 9.17) is 0 Å². The predicted octanol–water partition coefficient (Wildman–Crippen LogP) is 4.69. The molecule has 4 nitrogen and oxygen atoms in total. The number of anilines is 2. The number of aromatic nitrogens is 1. The highest BCUT2D eigenvalue weighted by Crippen LogP contribution is 2.17. The van der Waals surface area contributed by atoms with Gasteiger partial charge in [0.05, 0.1) is 11.9 Å². The van der Waals surface area contributed by atoms with Gasteiger partial charge >= 0.3 is 0 Å². The number of amides is 1. The van der Waals surface area contributed by atoms with E-state index in [-0.39, 0.29) is 11.7 Å². The minimum Gasteiger partial charge on any atom is -0.383 e. The number of benzene rings is 2. The summed E-state index contributed by atoms with van der Waals surface area (Å²) in [5, 5.41) is 6.10. The van der Waals surface area contributed by atoms with Crippen molar-refractivity contribution in [1.82, 2.24) is 4.98 Å². The Morgan fingerprint density at radius 3 is 2.44 bits per heavy atom. The van der Waals surface area contributed by atoms with E-state index in [9.17, 15) is 9.18 Å². The number of halogens is 1. The fourth-order valence-electron chi connectivity index (χ4n) is 2.81.